The zero-order chi connectivity index (χ0) is 17.5. The zero-order valence-electron chi connectivity index (χ0n) is 14.4. The highest BCUT2D eigenvalue weighted by Gasteiger charge is 2.61. The van der Waals surface area contributed by atoms with E-state index in [-0.39, 0.29) is 18.1 Å². The maximum absolute atomic E-state index is 12.4. The van der Waals surface area contributed by atoms with Gasteiger partial charge < -0.3 is 14.2 Å². The molecule has 0 spiro atoms. The Bertz CT molecular complexity index is 624. The summed E-state index contributed by atoms with van der Waals surface area (Å²) in [4.78, 5) is 25.9. The molecule has 24 heavy (non-hydrogen) atoms. The highest BCUT2D eigenvalue weighted by molar-refractivity contribution is 5.97. The van der Waals surface area contributed by atoms with Crippen LogP contribution in [0.4, 0.5) is 4.79 Å². The third-order valence-corrected chi connectivity index (χ3v) is 4.09. The summed E-state index contributed by atoms with van der Waals surface area (Å²) in [5.41, 5.74) is 0.362. The number of fused-ring (bicyclic) bond motifs is 1. The predicted octanol–water partition coefficient (Wildman–Crippen LogP) is 2.51. The third-order valence-electron chi connectivity index (χ3n) is 4.09. The summed E-state index contributed by atoms with van der Waals surface area (Å²) >= 11 is 0. The number of carbonyl (C=O) groups is 2. The molecular formula is C18H23NO5. The van der Waals surface area contributed by atoms with E-state index in [1.165, 1.54) is 0 Å². The molecule has 130 valence electrons. The van der Waals surface area contributed by atoms with E-state index in [9.17, 15) is 9.59 Å². The van der Waals surface area contributed by atoms with Crippen LogP contribution in [0.1, 0.15) is 33.3 Å². The van der Waals surface area contributed by atoms with Gasteiger partial charge in [-0.15, -0.1) is 0 Å². The number of hydrogen-bond donors (Lipinski definition) is 0. The molecule has 0 N–H and O–H groups in total. The van der Waals surface area contributed by atoms with Crippen molar-refractivity contribution in [2.45, 2.75) is 64.3 Å². The van der Waals surface area contributed by atoms with Crippen molar-refractivity contribution in [2.75, 3.05) is 0 Å². The molecular weight excluding hydrogens is 310 g/mol. The molecule has 4 atom stereocenters. The fourth-order valence-electron chi connectivity index (χ4n) is 2.90. The van der Waals surface area contributed by atoms with Gasteiger partial charge >= 0.3 is 6.09 Å². The Morgan fingerprint density at radius 1 is 1.25 bits per heavy atom. The van der Waals surface area contributed by atoms with Gasteiger partial charge in [-0.05, 0) is 33.3 Å². The molecule has 2 amide bonds. The first-order chi connectivity index (χ1) is 11.3. The van der Waals surface area contributed by atoms with Crippen LogP contribution in [0.15, 0.2) is 30.3 Å². The topological polar surface area (TPSA) is 68.4 Å². The van der Waals surface area contributed by atoms with Crippen LogP contribution in [0.25, 0.3) is 0 Å². The Kier molecular flexibility index (Phi) is 4.36. The van der Waals surface area contributed by atoms with Crippen LogP contribution < -0.4 is 0 Å². The van der Waals surface area contributed by atoms with Gasteiger partial charge in [0.2, 0.25) is 0 Å². The number of ether oxygens (including phenoxy) is 3. The predicted molar refractivity (Wildman–Crippen MR) is 86.2 cm³/mol. The highest BCUT2D eigenvalue weighted by Crippen LogP contribution is 2.38. The number of nitrogens with zero attached hydrogens (tertiary/aromatic N) is 1. The van der Waals surface area contributed by atoms with Crippen molar-refractivity contribution in [1.82, 2.24) is 4.90 Å². The minimum absolute atomic E-state index is 0.283. The van der Waals surface area contributed by atoms with Gasteiger partial charge in [0.25, 0.3) is 5.91 Å². The van der Waals surface area contributed by atoms with Gasteiger partial charge in [-0.25, -0.2) is 9.69 Å². The highest BCUT2D eigenvalue weighted by atomic mass is 16.6. The summed E-state index contributed by atoms with van der Waals surface area (Å²) in [6.07, 6.45) is -1.90. The lowest BCUT2D eigenvalue weighted by Crippen LogP contribution is -2.58. The van der Waals surface area contributed by atoms with Gasteiger partial charge in [0.05, 0.1) is 12.6 Å². The smallest absolute Gasteiger partial charge is 0.417 e. The molecule has 0 aliphatic carbocycles. The quantitative estimate of drug-likeness (QED) is 0.795. The summed E-state index contributed by atoms with van der Waals surface area (Å²) in [5.74, 6) is -0.346. The molecule has 1 aromatic rings. The second kappa shape index (κ2) is 6.18. The Labute approximate surface area is 141 Å². The van der Waals surface area contributed by atoms with Crippen LogP contribution in [0.5, 0.6) is 0 Å². The van der Waals surface area contributed by atoms with E-state index in [2.05, 4.69) is 0 Å². The fourth-order valence-corrected chi connectivity index (χ4v) is 2.90. The molecule has 0 aromatic heterocycles. The van der Waals surface area contributed by atoms with Crippen molar-refractivity contribution in [1.29, 1.82) is 0 Å². The Balaban J connectivity index is 1.70. The minimum Gasteiger partial charge on any atom is -0.443 e. The Hall–Kier alpha value is -1.92. The first-order valence-corrected chi connectivity index (χ1v) is 8.15. The molecule has 6 nitrogen and oxygen atoms in total. The summed E-state index contributed by atoms with van der Waals surface area (Å²) in [5, 5.41) is 0. The van der Waals surface area contributed by atoms with Gasteiger partial charge in [0, 0.05) is 0 Å². The molecule has 2 saturated heterocycles. The lowest BCUT2D eigenvalue weighted by molar-refractivity contribution is -0.139. The monoisotopic (exact) mass is 333 g/mol. The van der Waals surface area contributed by atoms with Gasteiger partial charge in [-0.1, -0.05) is 30.3 Å². The van der Waals surface area contributed by atoms with Crippen molar-refractivity contribution in [3.63, 3.8) is 0 Å². The number of benzene rings is 1. The molecule has 3 rings (SSSR count). The lowest BCUT2D eigenvalue weighted by atomic mass is 10.00. The summed E-state index contributed by atoms with van der Waals surface area (Å²) in [7, 11) is 0. The van der Waals surface area contributed by atoms with E-state index in [0.717, 1.165) is 10.5 Å². The van der Waals surface area contributed by atoms with Gasteiger partial charge in [0.15, 0.2) is 6.10 Å². The molecule has 2 heterocycles. The third kappa shape index (κ3) is 3.44. The normalized spacial score (nSPS) is 29.2. The molecule has 6 heteroatoms. The maximum atomic E-state index is 12.4. The number of carbonyl (C=O) groups excluding carboxylic acids is 2. The summed E-state index contributed by atoms with van der Waals surface area (Å²) < 4.78 is 16.8. The number of likely N-dealkylation sites (tertiary alicyclic amines) is 1. The molecule has 1 aromatic carbocycles. The first kappa shape index (κ1) is 16.9. The van der Waals surface area contributed by atoms with Crippen LogP contribution in [0, 0.1) is 0 Å². The second-order valence-electron chi connectivity index (χ2n) is 7.21. The average molecular weight is 333 g/mol. The number of epoxide rings is 1. The number of imide groups is 1. The molecule has 0 radical (unpaired) electrons. The van der Waals surface area contributed by atoms with Gasteiger partial charge in [-0.3, -0.25) is 4.79 Å². The summed E-state index contributed by atoms with van der Waals surface area (Å²) in [6, 6.07) is 9.31. The summed E-state index contributed by atoms with van der Waals surface area (Å²) in [6.45, 7) is 7.49. The Morgan fingerprint density at radius 3 is 2.54 bits per heavy atom. The van der Waals surface area contributed by atoms with E-state index in [4.69, 9.17) is 14.2 Å². The van der Waals surface area contributed by atoms with Crippen LogP contribution in [0.3, 0.4) is 0 Å². The van der Waals surface area contributed by atoms with E-state index in [0.29, 0.717) is 6.61 Å². The van der Waals surface area contributed by atoms with E-state index in [1.807, 2.05) is 30.3 Å². The number of amides is 2. The maximum Gasteiger partial charge on any atom is 0.417 e. The molecule has 0 saturated carbocycles. The van der Waals surface area contributed by atoms with Crippen LogP contribution in [-0.4, -0.2) is 46.9 Å². The lowest BCUT2D eigenvalue weighted by Gasteiger charge is -2.36. The van der Waals surface area contributed by atoms with E-state index < -0.39 is 23.8 Å². The van der Waals surface area contributed by atoms with Gasteiger partial charge in [0.1, 0.15) is 17.8 Å². The van der Waals surface area contributed by atoms with Crippen LogP contribution in [-0.2, 0) is 25.6 Å². The second-order valence-corrected chi connectivity index (χ2v) is 7.21. The van der Waals surface area contributed by atoms with Crippen molar-refractivity contribution in [2.24, 2.45) is 0 Å². The van der Waals surface area contributed by atoms with Gasteiger partial charge in [-0.2, -0.15) is 0 Å². The molecule has 2 aliphatic rings. The standard InChI is InChI=1S/C18H23NO5/c1-11-13(22-10-12-8-6-5-7-9-12)14-15(23-14)16(20)19(11)17(21)24-18(2,3)4/h5-9,11,13-15H,10H2,1-4H3/t11-,13-,14+,15+/m1/s1. The number of rotatable bonds is 3. The number of hydrogen-bond acceptors (Lipinski definition) is 5. The van der Waals surface area contributed by atoms with Crippen molar-refractivity contribution in [3.8, 4) is 0 Å². The minimum atomic E-state index is -0.668. The Morgan fingerprint density at radius 2 is 1.92 bits per heavy atom. The van der Waals surface area contributed by atoms with Crippen LogP contribution in [0.2, 0.25) is 0 Å². The van der Waals surface area contributed by atoms with Crippen molar-refractivity contribution >= 4 is 12.0 Å². The zero-order valence-corrected chi connectivity index (χ0v) is 14.4. The average Bonchev–Trinajstić information content (AvgIpc) is 3.27. The largest absolute Gasteiger partial charge is 0.443 e. The SMILES string of the molecule is C[C@@H]1[C@@H](OCc2ccccc2)[C@@H]2O[C@@H]2C(=O)N1C(=O)OC(C)(C)C. The first-order valence-electron chi connectivity index (χ1n) is 8.15. The molecule has 0 bridgehead atoms. The number of piperidine rings is 1. The van der Waals surface area contributed by atoms with E-state index in [1.54, 1.807) is 27.7 Å². The molecule has 0 unspecified atom stereocenters. The molecule has 2 fully saturated rings. The van der Waals surface area contributed by atoms with Crippen molar-refractivity contribution in [3.05, 3.63) is 35.9 Å². The fraction of sp³-hybridized carbons (Fsp3) is 0.556. The van der Waals surface area contributed by atoms with E-state index >= 15 is 0 Å². The molecule has 2 aliphatic heterocycles. The van der Waals surface area contributed by atoms with Crippen LogP contribution >= 0.6 is 0 Å². The van der Waals surface area contributed by atoms with Crippen molar-refractivity contribution < 1.29 is 23.8 Å².